The fourth-order valence-corrected chi connectivity index (χ4v) is 1.08. The molecule has 12 heavy (non-hydrogen) atoms. The lowest BCUT2D eigenvalue weighted by atomic mass is 10.4. The highest BCUT2D eigenvalue weighted by molar-refractivity contribution is 7.80. The Hall–Kier alpha value is -0.170. The average Bonchev–Trinajstić information content (AvgIpc) is 1.84. The third kappa shape index (κ3) is 7.93. The number of likely N-dealkylation sites (N-methyl/N-ethyl adjacent to an activating group) is 1. The summed E-state index contributed by atoms with van der Waals surface area (Å²) in [5, 5.41) is 0. The molecule has 0 atom stereocenters. The molecule has 0 amide bonds. The van der Waals surface area contributed by atoms with Crippen molar-refractivity contribution in [3.8, 4) is 0 Å². The molecule has 0 aliphatic heterocycles. The van der Waals surface area contributed by atoms with E-state index in [0.717, 1.165) is 13.0 Å². The van der Waals surface area contributed by atoms with Gasteiger partial charge in [0.15, 0.2) is 0 Å². The maximum Gasteiger partial charge on any atom is 0.397 e. The lowest BCUT2D eigenvalue weighted by molar-refractivity contribution is 0.219. The molecule has 0 unspecified atom stereocenters. The maximum absolute atomic E-state index is 10.1. The van der Waals surface area contributed by atoms with Crippen molar-refractivity contribution in [3.63, 3.8) is 0 Å². The van der Waals surface area contributed by atoms with E-state index >= 15 is 0 Å². The maximum atomic E-state index is 10.1. The molecule has 0 fully saturated rings. The molecule has 0 bridgehead atoms. The zero-order valence-electron chi connectivity index (χ0n) is 7.36. The van der Waals surface area contributed by atoms with Crippen molar-refractivity contribution in [1.29, 1.82) is 0 Å². The van der Waals surface area contributed by atoms with E-state index in [-0.39, 0.29) is 6.61 Å². The average molecular weight is 197 g/mol. The van der Waals surface area contributed by atoms with Crippen LogP contribution < -0.4 is 0 Å². The Labute approximate surface area is 73.3 Å². The Bertz CT molecular complexity index is 202. The zero-order chi connectivity index (χ0) is 9.61. The van der Waals surface area contributed by atoms with Crippen molar-refractivity contribution in [2.24, 2.45) is 0 Å². The molecule has 0 aliphatic rings. The molecule has 1 N–H and O–H groups in total. The number of rotatable bonds is 6. The summed E-state index contributed by atoms with van der Waals surface area (Å²) in [4.78, 5) is 1.92. The number of hydrogen-bond acceptors (Lipinski definition) is 4. The van der Waals surface area contributed by atoms with E-state index < -0.39 is 10.4 Å². The van der Waals surface area contributed by atoms with Gasteiger partial charge in [-0.15, -0.1) is 0 Å². The summed E-state index contributed by atoms with van der Waals surface area (Å²) in [6, 6.07) is 0. The molecule has 0 spiro atoms. The summed E-state index contributed by atoms with van der Waals surface area (Å²) in [6.45, 7) is 3.40. The van der Waals surface area contributed by atoms with Gasteiger partial charge in [0.1, 0.15) is 0 Å². The zero-order valence-corrected chi connectivity index (χ0v) is 8.17. The third-order valence-corrected chi connectivity index (χ3v) is 1.78. The Morgan fingerprint density at radius 3 is 2.42 bits per heavy atom. The third-order valence-electron chi connectivity index (χ3n) is 1.31. The van der Waals surface area contributed by atoms with Crippen LogP contribution in [0.2, 0.25) is 0 Å². The van der Waals surface area contributed by atoms with Gasteiger partial charge in [0.2, 0.25) is 0 Å². The first-order valence-corrected chi connectivity index (χ1v) is 5.12. The number of nitrogens with zero attached hydrogens (tertiary/aromatic N) is 1. The Kier molecular flexibility index (Phi) is 5.39. The largest absolute Gasteiger partial charge is 0.397 e. The van der Waals surface area contributed by atoms with E-state index in [9.17, 15) is 8.42 Å². The molecule has 0 aliphatic carbocycles. The highest BCUT2D eigenvalue weighted by atomic mass is 32.3. The van der Waals surface area contributed by atoms with Crippen LogP contribution in [0, 0.1) is 0 Å². The Morgan fingerprint density at radius 2 is 2.00 bits per heavy atom. The van der Waals surface area contributed by atoms with Crippen LogP contribution in [0.5, 0.6) is 0 Å². The van der Waals surface area contributed by atoms with Gasteiger partial charge >= 0.3 is 10.4 Å². The van der Waals surface area contributed by atoms with Gasteiger partial charge in [-0.05, 0) is 20.0 Å². The highest BCUT2D eigenvalue weighted by Gasteiger charge is 2.04. The normalized spacial score (nSPS) is 12.3. The van der Waals surface area contributed by atoms with Crippen molar-refractivity contribution >= 4 is 10.4 Å². The second-order valence-corrected chi connectivity index (χ2v) is 3.64. The first-order valence-electron chi connectivity index (χ1n) is 3.76. The van der Waals surface area contributed by atoms with Crippen LogP contribution in [-0.2, 0) is 14.6 Å². The van der Waals surface area contributed by atoms with Gasteiger partial charge in [-0.2, -0.15) is 8.42 Å². The van der Waals surface area contributed by atoms with Crippen molar-refractivity contribution in [2.75, 3.05) is 26.7 Å². The summed E-state index contributed by atoms with van der Waals surface area (Å²) < 4.78 is 32.5. The second-order valence-electron chi connectivity index (χ2n) is 2.55. The smallest absolute Gasteiger partial charge is 0.304 e. The number of hydrogen-bond donors (Lipinski definition) is 1. The van der Waals surface area contributed by atoms with Crippen molar-refractivity contribution < 1.29 is 17.2 Å². The molecule has 5 nitrogen and oxygen atoms in total. The summed E-state index contributed by atoms with van der Waals surface area (Å²) in [7, 11) is -2.40. The molecule has 0 rings (SSSR count). The van der Waals surface area contributed by atoms with Crippen LogP contribution in [0.15, 0.2) is 0 Å². The second kappa shape index (κ2) is 5.47. The molecule has 0 aromatic rings. The quantitative estimate of drug-likeness (QED) is 0.614. The van der Waals surface area contributed by atoms with E-state index in [4.69, 9.17) is 4.55 Å². The van der Waals surface area contributed by atoms with Gasteiger partial charge in [-0.3, -0.25) is 4.55 Å². The van der Waals surface area contributed by atoms with Crippen LogP contribution in [0.25, 0.3) is 0 Å². The van der Waals surface area contributed by atoms with Gasteiger partial charge in [0.05, 0.1) is 6.61 Å². The topological polar surface area (TPSA) is 66.8 Å². The summed E-state index contributed by atoms with van der Waals surface area (Å²) >= 11 is 0. The van der Waals surface area contributed by atoms with Crippen LogP contribution in [0.3, 0.4) is 0 Å². The van der Waals surface area contributed by atoms with Crippen molar-refractivity contribution in [3.05, 3.63) is 0 Å². The summed E-state index contributed by atoms with van der Waals surface area (Å²) in [5.74, 6) is 0. The van der Waals surface area contributed by atoms with E-state index in [1.54, 1.807) is 0 Å². The molecule has 74 valence electrons. The lowest BCUT2D eigenvalue weighted by Gasteiger charge is -2.13. The van der Waals surface area contributed by atoms with Gasteiger partial charge in [-0.25, -0.2) is 4.18 Å². The molecule has 0 aromatic carbocycles. The van der Waals surface area contributed by atoms with E-state index in [0.29, 0.717) is 6.54 Å². The lowest BCUT2D eigenvalue weighted by Crippen LogP contribution is -2.24. The molecule has 6 heteroatoms. The Balaban J connectivity index is 3.44. The van der Waals surface area contributed by atoms with E-state index in [2.05, 4.69) is 4.18 Å². The fourth-order valence-electron chi connectivity index (χ4n) is 0.792. The molecule has 0 heterocycles. The Morgan fingerprint density at radius 1 is 1.42 bits per heavy atom. The standard InChI is InChI=1S/C6H15NO4S/c1-3-4-7(2)5-6-11-12(8,9)10/h3-6H2,1-2H3,(H,8,9,10). The van der Waals surface area contributed by atoms with Crippen molar-refractivity contribution in [1.82, 2.24) is 4.90 Å². The first-order chi connectivity index (χ1) is 5.45. The molecular formula is C6H15NO4S. The van der Waals surface area contributed by atoms with E-state index in [1.165, 1.54) is 0 Å². The van der Waals surface area contributed by atoms with Crippen LogP contribution >= 0.6 is 0 Å². The molecule has 0 saturated heterocycles. The summed E-state index contributed by atoms with van der Waals surface area (Å²) in [6.07, 6.45) is 1.00. The minimum absolute atomic E-state index is 0.00463. The minimum atomic E-state index is -4.26. The molecule has 0 saturated carbocycles. The van der Waals surface area contributed by atoms with Crippen LogP contribution in [-0.4, -0.2) is 44.6 Å². The van der Waals surface area contributed by atoms with Crippen molar-refractivity contribution in [2.45, 2.75) is 13.3 Å². The SMILES string of the molecule is CCCN(C)CCOS(=O)(=O)O. The molecule has 0 aromatic heterocycles. The minimum Gasteiger partial charge on any atom is -0.304 e. The predicted molar refractivity (Wildman–Crippen MR) is 45.3 cm³/mol. The van der Waals surface area contributed by atoms with Gasteiger partial charge in [0, 0.05) is 6.54 Å². The molecule has 0 radical (unpaired) electrons. The van der Waals surface area contributed by atoms with Gasteiger partial charge in [-0.1, -0.05) is 6.92 Å². The van der Waals surface area contributed by atoms with Crippen LogP contribution in [0.4, 0.5) is 0 Å². The van der Waals surface area contributed by atoms with E-state index in [1.807, 2.05) is 18.9 Å². The predicted octanol–water partition coefficient (Wildman–Crippen LogP) is 0.148. The van der Waals surface area contributed by atoms with Gasteiger partial charge < -0.3 is 4.90 Å². The highest BCUT2D eigenvalue weighted by Crippen LogP contribution is 1.89. The fraction of sp³-hybridized carbons (Fsp3) is 1.00. The monoisotopic (exact) mass is 197 g/mol. The molecular weight excluding hydrogens is 182 g/mol. The van der Waals surface area contributed by atoms with Crippen LogP contribution in [0.1, 0.15) is 13.3 Å². The first kappa shape index (κ1) is 11.8. The summed E-state index contributed by atoms with van der Waals surface area (Å²) in [5.41, 5.74) is 0. The van der Waals surface area contributed by atoms with Gasteiger partial charge in [0.25, 0.3) is 0 Å².